The van der Waals surface area contributed by atoms with E-state index in [4.69, 9.17) is 4.74 Å². The van der Waals surface area contributed by atoms with Gasteiger partial charge in [0, 0.05) is 30.4 Å². The van der Waals surface area contributed by atoms with Crippen LogP contribution in [-0.2, 0) is 13.6 Å². The Labute approximate surface area is 143 Å². The van der Waals surface area contributed by atoms with Crippen LogP contribution in [0.15, 0.2) is 17.6 Å². The fourth-order valence-corrected chi connectivity index (χ4v) is 3.09. The van der Waals surface area contributed by atoms with E-state index >= 15 is 0 Å². The molecule has 8 nitrogen and oxygen atoms in total. The highest BCUT2D eigenvalue weighted by Crippen LogP contribution is 2.21. The van der Waals surface area contributed by atoms with Crippen molar-refractivity contribution < 1.29 is 9.53 Å². The highest BCUT2D eigenvalue weighted by atomic mass is 32.1. The summed E-state index contributed by atoms with van der Waals surface area (Å²) in [6.07, 6.45) is 1.63. The lowest BCUT2D eigenvalue weighted by molar-refractivity contribution is 0.220. The molecular weight excluding hydrogens is 328 g/mol. The van der Waals surface area contributed by atoms with Crippen LogP contribution in [0.5, 0.6) is 5.88 Å². The molecule has 0 bridgehead atoms. The second-order valence-corrected chi connectivity index (χ2v) is 6.07. The Morgan fingerprint density at radius 1 is 1.50 bits per heavy atom. The van der Waals surface area contributed by atoms with Crippen molar-refractivity contribution in [2.75, 3.05) is 19.5 Å². The minimum absolute atomic E-state index is 0.231. The van der Waals surface area contributed by atoms with Crippen molar-refractivity contribution in [2.24, 2.45) is 7.05 Å². The molecule has 9 heteroatoms. The van der Waals surface area contributed by atoms with Crippen molar-refractivity contribution in [3.8, 4) is 5.88 Å². The van der Waals surface area contributed by atoms with Crippen LogP contribution in [0.2, 0.25) is 0 Å². The normalized spacial score (nSPS) is 10.8. The minimum Gasteiger partial charge on any atom is -0.480 e. The van der Waals surface area contributed by atoms with Gasteiger partial charge in [-0.2, -0.15) is 9.47 Å². The van der Waals surface area contributed by atoms with Gasteiger partial charge >= 0.3 is 6.03 Å². The predicted octanol–water partition coefficient (Wildman–Crippen LogP) is 2.41. The zero-order valence-electron chi connectivity index (χ0n) is 13.9. The molecule has 3 rings (SSSR count). The Morgan fingerprint density at radius 3 is 3.04 bits per heavy atom. The van der Waals surface area contributed by atoms with E-state index in [0.29, 0.717) is 18.1 Å². The summed E-state index contributed by atoms with van der Waals surface area (Å²) in [5.41, 5.74) is 3.16. The van der Waals surface area contributed by atoms with E-state index in [1.165, 1.54) is 11.5 Å². The third-order valence-electron chi connectivity index (χ3n) is 3.67. The van der Waals surface area contributed by atoms with Gasteiger partial charge in [-0.05, 0) is 24.5 Å². The van der Waals surface area contributed by atoms with Crippen molar-refractivity contribution in [3.63, 3.8) is 0 Å². The molecule has 24 heavy (non-hydrogen) atoms. The van der Waals surface area contributed by atoms with Crippen molar-refractivity contribution >= 4 is 34.3 Å². The number of aryl methyl sites for hydroxylation is 2. The number of amides is 2. The molecule has 0 saturated carbocycles. The van der Waals surface area contributed by atoms with Crippen molar-refractivity contribution in [1.29, 1.82) is 0 Å². The summed E-state index contributed by atoms with van der Waals surface area (Å²) in [7, 11) is 5.13. The Hall–Kier alpha value is -2.68. The van der Waals surface area contributed by atoms with Crippen LogP contribution in [0.3, 0.4) is 0 Å². The summed E-state index contributed by atoms with van der Waals surface area (Å²) in [6, 6.07) is 1.65. The van der Waals surface area contributed by atoms with Gasteiger partial charge in [-0.15, -0.1) is 0 Å². The second-order valence-electron chi connectivity index (χ2n) is 5.44. The van der Waals surface area contributed by atoms with E-state index in [-0.39, 0.29) is 6.03 Å². The number of rotatable bonds is 4. The molecule has 0 atom stereocenters. The number of hydrogen-bond acceptors (Lipinski definition) is 6. The average molecular weight is 346 g/mol. The van der Waals surface area contributed by atoms with Crippen LogP contribution in [0.25, 0.3) is 11.0 Å². The first-order valence-electron chi connectivity index (χ1n) is 7.28. The molecule has 3 aromatic rings. The molecule has 0 spiro atoms. The summed E-state index contributed by atoms with van der Waals surface area (Å²) < 4.78 is 11.0. The van der Waals surface area contributed by atoms with Gasteiger partial charge in [0.25, 0.3) is 0 Å². The molecule has 1 N–H and O–H groups in total. The fraction of sp³-hybridized carbons (Fsp3) is 0.333. The Morgan fingerprint density at radius 2 is 2.29 bits per heavy atom. The first-order valence-corrected chi connectivity index (χ1v) is 8.12. The number of urea groups is 1. The molecule has 0 aliphatic carbocycles. The zero-order valence-corrected chi connectivity index (χ0v) is 14.7. The largest absolute Gasteiger partial charge is 0.480 e. The molecule has 3 heterocycles. The molecule has 0 aliphatic rings. The fourth-order valence-electron chi connectivity index (χ4n) is 2.44. The number of carbonyl (C=O) groups excluding carboxylic acids is 1. The van der Waals surface area contributed by atoms with Crippen molar-refractivity contribution in [1.82, 2.24) is 24.0 Å². The van der Waals surface area contributed by atoms with Gasteiger partial charge < -0.3 is 15.0 Å². The number of methoxy groups -OCH3 is 1. The van der Waals surface area contributed by atoms with Crippen molar-refractivity contribution in [3.05, 3.63) is 28.9 Å². The Bertz CT molecular complexity index is 887. The van der Waals surface area contributed by atoms with Crippen LogP contribution in [-0.4, -0.2) is 44.2 Å². The van der Waals surface area contributed by atoms with Crippen LogP contribution in [0.4, 0.5) is 10.5 Å². The molecule has 0 radical (unpaired) electrons. The molecule has 0 saturated heterocycles. The number of ether oxygens (including phenoxy) is 1. The van der Waals surface area contributed by atoms with Crippen LogP contribution < -0.4 is 10.1 Å². The maximum Gasteiger partial charge on any atom is 0.321 e. The van der Waals surface area contributed by atoms with Crippen LogP contribution in [0.1, 0.15) is 11.3 Å². The molecule has 3 aromatic heterocycles. The third kappa shape index (κ3) is 3.02. The smallest absolute Gasteiger partial charge is 0.321 e. The highest BCUT2D eigenvalue weighted by molar-refractivity contribution is 7.03. The number of aromatic nitrogens is 4. The highest BCUT2D eigenvalue weighted by Gasteiger charge is 2.15. The lowest BCUT2D eigenvalue weighted by Gasteiger charge is -2.17. The van der Waals surface area contributed by atoms with Gasteiger partial charge in [-0.1, -0.05) is 0 Å². The summed E-state index contributed by atoms with van der Waals surface area (Å²) in [5.74, 6) is 0.550. The average Bonchev–Trinajstić information content (AvgIpc) is 3.12. The van der Waals surface area contributed by atoms with Crippen LogP contribution >= 0.6 is 11.5 Å². The van der Waals surface area contributed by atoms with Gasteiger partial charge in [0.1, 0.15) is 0 Å². The molecule has 0 aromatic carbocycles. The number of pyridine rings is 1. The minimum atomic E-state index is -0.231. The summed E-state index contributed by atoms with van der Waals surface area (Å²) in [5, 5.41) is 9.96. The van der Waals surface area contributed by atoms with Crippen LogP contribution in [0, 0.1) is 6.92 Å². The summed E-state index contributed by atoms with van der Waals surface area (Å²) in [4.78, 5) is 18.3. The summed E-state index contributed by atoms with van der Waals surface area (Å²) in [6.45, 7) is 2.32. The zero-order chi connectivity index (χ0) is 17.3. The maximum absolute atomic E-state index is 12.4. The molecule has 2 amide bonds. The van der Waals surface area contributed by atoms with E-state index in [1.807, 2.05) is 25.4 Å². The lowest BCUT2D eigenvalue weighted by atomic mass is 10.2. The number of anilines is 1. The standard InChI is InChI=1S/C15H18N6O2S/c1-9-12-5-11(6-16-13(12)21(3)18-9)17-15(22)20(2)7-10-8-24-19-14(10)23-4/h5-6,8H,7H2,1-4H3,(H,17,22). The van der Waals surface area contributed by atoms with E-state index in [2.05, 4.69) is 19.8 Å². The molecular formula is C15H18N6O2S. The van der Waals surface area contributed by atoms with E-state index in [1.54, 1.807) is 29.9 Å². The van der Waals surface area contributed by atoms with Gasteiger partial charge in [-0.3, -0.25) is 4.68 Å². The van der Waals surface area contributed by atoms with Gasteiger partial charge in [0.2, 0.25) is 5.88 Å². The molecule has 0 fully saturated rings. The molecule has 126 valence electrons. The molecule has 0 aliphatic heterocycles. The van der Waals surface area contributed by atoms with E-state index < -0.39 is 0 Å². The first-order chi connectivity index (χ1) is 11.5. The number of nitrogens with one attached hydrogen (secondary N) is 1. The quantitative estimate of drug-likeness (QED) is 0.784. The molecule has 0 unspecified atom stereocenters. The van der Waals surface area contributed by atoms with Gasteiger partial charge in [0.15, 0.2) is 5.65 Å². The summed E-state index contributed by atoms with van der Waals surface area (Å²) >= 11 is 1.30. The predicted molar refractivity (Wildman–Crippen MR) is 92.4 cm³/mol. The second kappa shape index (κ2) is 6.44. The van der Waals surface area contributed by atoms with E-state index in [9.17, 15) is 4.79 Å². The Kier molecular flexibility index (Phi) is 4.34. The van der Waals surface area contributed by atoms with Gasteiger partial charge in [0.05, 0.1) is 31.2 Å². The Balaban J connectivity index is 1.73. The third-order valence-corrected chi connectivity index (χ3v) is 4.33. The SMILES string of the molecule is COc1nscc1CN(C)C(=O)Nc1cnc2c(c1)c(C)nn2C. The number of hydrogen-bond donors (Lipinski definition) is 1. The van der Waals surface area contributed by atoms with Crippen molar-refractivity contribution in [2.45, 2.75) is 13.5 Å². The lowest BCUT2D eigenvalue weighted by Crippen LogP contribution is -2.30. The number of nitrogens with zero attached hydrogens (tertiary/aromatic N) is 5. The van der Waals surface area contributed by atoms with E-state index in [0.717, 1.165) is 22.3 Å². The monoisotopic (exact) mass is 346 g/mol. The van der Waals surface area contributed by atoms with Gasteiger partial charge in [-0.25, -0.2) is 9.78 Å². The number of carbonyl (C=O) groups is 1. The first kappa shape index (κ1) is 16.2. The maximum atomic E-state index is 12.4. The number of fused-ring (bicyclic) bond motifs is 1. The topological polar surface area (TPSA) is 85.2 Å².